The van der Waals surface area contributed by atoms with Crippen molar-refractivity contribution in [2.75, 3.05) is 25.6 Å². The predicted octanol–water partition coefficient (Wildman–Crippen LogP) is 3.84. The normalized spacial score (nSPS) is 14.2. The first-order valence-corrected chi connectivity index (χ1v) is 9.43. The fourth-order valence-corrected chi connectivity index (χ4v) is 3.29. The standard InChI is InChI=1S/C23H26N2O3/c1-15-7-5-8-19(13-15)24-21-20(18-10-9-16(2)17(3)14-18)22(26)25(23(21)27)11-6-12-28-4/h5,7-10,13-14,24H,6,11-12H2,1-4H3. The highest BCUT2D eigenvalue weighted by Crippen LogP contribution is 2.31. The Labute approximate surface area is 166 Å². The summed E-state index contributed by atoms with van der Waals surface area (Å²) in [5, 5.41) is 3.20. The third-order valence-corrected chi connectivity index (χ3v) is 4.98. The molecule has 1 aliphatic heterocycles. The second kappa shape index (κ2) is 8.40. The van der Waals surface area contributed by atoms with Gasteiger partial charge in [-0.2, -0.15) is 0 Å². The van der Waals surface area contributed by atoms with E-state index < -0.39 is 0 Å². The van der Waals surface area contributed by atoms with Crippen molar-refractivity contribution < 1.29 is 14.3 Å². The fraction of sp³-hybridized carbons (Fsp3) is 0.304. The molecule has 28 heavy (non-hydrogen) atoms. The molecule has 1 aliphatic rings. The van der Waals surface area contributed by atoms with Crippen LogP contribution in [0, 0.1) is 20.8 Å². The number of nitrogens with one attached hydrogen (secondary N) is 1. The van der Waals surface area contributed by atoms with Crippen LogP contribution in [-0.2, 0) is 14.3 Å². The van der Waals surface area contributed by atoms with E-state index in [0.717, 1.165) is 27.9 Å². The largest absolute Gasteiger partial charge is 0.385 e. The molecular weight excluding hydrogens is 352 g/mol. The van der Waals surface area contributed by atoms with Crippen LogP contribution in [0.25, 0.3) is 5.57 Å². The van der Waals surface area contributed by atoms with Gasteiger partial charge in [0.2, 0.25) is 0 Å². The van der Waals surface area contributed by atoms with Crippen LogP contribution in [0.4, 0.5) is 5.69 Å². The molecule has 2 amide bonds. The minimum Gasteiger partial charge on any atom is -0.385 e. The third kappa shape index (κ3) is 3.99. The average Bonchev–Trinajstić information content (AvgIpc) is 2.88. The number of hydrogen-bond donors (Lipinski definition) is 1. The Balaban J connectivity index is 2.03. The molecule has 5 nitrogen and oxygen atoms in total. The van der Waals surface area contributed by atoms with Crippen LogP contribution >= 0.6 is 0 Å². The summed E-state index contributed by atoms with van der Waals surface area (Å²) in [7, 11) is 1.61. The molecule has 0 spiro atoms. The maximum Gasteiger partial charge on any atom is 0.278 e. The number of methoxy groups -OCH3 is 1. The molecule has 0 fully saturated rings. The highest BCUT2D eigenvalue weighted by molar-refractivity contribution is 6.36. The molecule has 5 heteroatoms. The zero-order chi connectivity index (χ0) is 20.3. The van der Waals surface area contributed by atoms with Crippen molar-refractivity contribution in [2.24, 2.45) is 0 Å². The lowest BCUT2D eigenvalue weighted by atomic mass is 9.99. The molecule has 2 aromatic carbocycles. The maximum atomic E-state index is 13.1. The SMILES string of the molecule is COCCCN1C(=O)C(Nc2cccc(C)c2)=C(c2ccc(C)c(C)c2)C1=O. The molecular formula is C23H26N2O3. The van der Waals surface area contributed by atoms with Gasteiger partial charge in [0.05, 0.1) is 5.57 Å². The van der Waals surface area contributed by atoms with Crippen LogP contribution in [0.3, 0.4) is 0 Å². The number of rotatable bonds is 7. The van der Waals surface area contributed by atoms with Crippen molar-refractivity contribution >= 4 is 23.1 Å². The number of amides is 2. The summed E-state index contributed by atoms with van der Waals surface area (Å²) in [5.74, 6) is -0.560. The van der Waals surface area contributed by atoms with E-state index in [1.54, 1.807) is 7.11 Å². The van der Waals surface area contributed by atoms with Crippen LogP contribution < -0.4 is 5.32 Å². The molecule has 1 heterocycles. The number of hydrogen-bond acceptors (Lipinski definition) is 4. The lowest BCUT2D eigenvalue weighted by Crippen LogP contribution is -2.33. The number of carbonyl (C=O) groups is 2. The van der Waals surface area contributed by atoms with E-state index >= 15 is 0 Å². The third-order valence-electron chi connectivity index (χ3n) is 4.98. The van der Waals surface area contributed by atoms with E-state index in [4.69, 9.17) is 4.74 Å². The number of aryl methyl sites for hydroxylation is 3. The van der Waals surface area contributed by atoms with Crippen LogP contribution in [0.15, 0.2) is 48.2 Å². The second-order valence-corrected chi connectivity index (χ2v) is 7.15. The van der Waals surface area contributed by atoms with E-state index in [1.807, 2.05) is 63.2 Å². The molecule has 3 rings (SSSR count). The van der Waals surface area contributed by atoms with Crippen LogP contribution in [0.2, 0.25) is 0 Å². The average molecular weight is 378 g/mol. The lowest BCUT2D eigenvalue weighted by Gasteiger charge is -2.15. The maximum absolute atomic E-state index is 13.1. The van der Waals surface area contributed by atoms with E-state index in [1.165, 1.54) is 4.90 Å². The summed E-state index contributed by atoms with van der Waals surface area (Å²) in [6.45, 7) is 6.85. The monoisotopic (exact) mass is 378 g/mol. The van der Waals surface area contributed by atoms with Crippen molar-refractivity contribution in [2.45, 2.75) is 27.2 Å². The first kappa shape index (κ1) is 19.8. The number of anilines is 1. The Morgan fingerprint density at radius 2 is 1.75 bits per heavy atom. The van der Waals surface area contributed by atoms with Gasteiger partial charge in [0.1, 0.15) is 5.70 Å². The summed E-state index contributed by atoms with van der Waals surface area (Å²) in [6, 6.07) is 13.6. The van der Waals surface area contributed by atoms with Gasteiger partial charge in [-0.05, 0) is 61.6 Å². The van der Waals surface area contributed by atoms with Gasteiger partial charge < -0.3 is 10.1 Å². The van der Waals surface area contributed by atoms with Gasteiger partial charge in [-0.25, -0.2) is 0 Å². The van der Waals surface area contributed by atoms with E-state index in [-0.39, 0.29) is 11.8 Å². The molecule has 2 aromatic rings. The molecule has 0 bridgehead atoms. The summed E-state index contributed by atoms with van der Waals surface area (Å²) in [5.41, 5.74) is 5.60. The summed E-state index contributed by atoms with van der Waals surface area (Å²) in [6.07, 6.45) is 0.603. The first-order valence-electron chi connectivity index (χ1n) is 9.43. The zero-order valence-electron chi connectivity index (χ0n) is 16.8. The molecule has 0 radical (unpaired) electrons. The van der Waals surface area contributed by atoms with Gasteiger partial charge in [0, 0.05) is 25.9 Å². The molecule has 0 saturated carbocycles. The van der Waals surface area contributed by atoms with Gasteiger partial charge in [0.15, 0.2) is 0 Å². The van der Waals surface area contributed by atoms with Crippen molar-refractivity contribution in [1.82, 2.24) is 4.90 Å². The predicted molar refractivity (Wildman–Crippen MR) is 111 cm³/mol. The number of ether oxygens (including phenoxy) is 1. The van der Waals surface area contributed by atoms with E-state index in [9.17, 15) is 9.59 Å². The highest BCUT2D eigenvalue weighted by Gasteiger charge is 2.38. The van der Waals surface area contributed by atoms with E-state index in [0.29, 0.717) is 30.8 Å². The van der Waals surface area contributed by atoms with E-state index in [2.05, 4.69) is 5.32 Å². The van der Waals surface area contributed by atoms with Crippen LogP contribution in [0.1, 0.15) is 28.7 Å². The quantitative estimate of drug-likeness (QED) is 0.587. The van der Waals surface area contributed by atoms with Gasteiger partial charge in [0.25, 0.3) is 11.8 Å². The lowest BCUT2D eigenvalue weighted by molar-refractivity contribution is -0.136. The fourth-order valence-electron chi connectivity index (χ4n) is 3.29. The van der Waals surface area contributed by atoms with Crippen molar-refractivity contribution in [3.05, 3.63) is 70.4 Å². The first-order chi connectivity index (χ1) is 13.4. The summed E-state index contributed by atoms with van der Waals surface area (Å²) in [4.78, 5) is 27.5. The molecule has 0 saturated heterocycles. The molecule has 0 atom stereocenters. The Morgan fingerprint density at radius 1 is 0.964 bits per heavy atom. The minimum atomic E-state index is -0.296. The zero-order valence-corrected chi connectivity index (χ0v) is 16.8. The second-order valence-electron chi connectivity index (χ2n) is 7.15. The molecule has 146 valence electrons. The number of nitrogens with zero attached hydrogens (tertiary/aromatic N) is 1. The number of carbonyl (C=O) groups excluding carboxylic acids is 2. The Hall–Kier alpha value is -2.92. The molecule has 1 N–H and O–H groups in total. The summed E-state index contributed by atoms with van der Waals surface area (Å²) < 4.78 is 5.07. The van der Waals surface area contributed by atoms with Crippen molar-refractivity contribution in [3.8, 4) is 0 Å². The molecule has 0 unspecified atom stereocenters. The number of imide groups is 1. The Kier molecular flexibility index (Phi) is 5.95. The number of benzene rings is 2. The van der Waals surface area contributed by atoms with Crippen molar-refractivity contribution in [3.63, 3.8) is 0 Å². The van der Waals surface area contributed by atoms with Gasteiger partial charge in [-0.3, -0.25) is 14.5 Å². The topological polar surface area (TPSA) is 58.6 Å². The minimum absolute atomic E-state index is 0.264. The van der Waals surface area contributed by atoms with Crippen LogP contribution in [-0.4, -0.2) is 37.0 Å². The van der Waals surface area contributed by atoms with Gasteiger partial charge in [-0.15, -0.1) is 0 Å². The Morgan fingerprint density at radius 3 is 2.43 bits per heavy atom. The molecule has 0 aliphatic carbocycles. The van der Waals surface area contributed by atoms with Gasteiger partial charge >= 0.3 is 0 Å². The summed E-state index contributed by atoms with van der Waals surface area (Å²) >= 11 is 0. The van der Waals surface area contributed by atoms with Gasteiger partial charge in [-0.1, -0.05) is 30.3 Å². The van der Waals surface area contributed by atoms with Crippen LogP contribution in [0.5, 0.6) is 0 Å². The highest BCUT2D eigenvalue weighted by atomic mass is 16.5. The Bertz CT molecular complexity index is 947. The smallest absolute Gasteiger partial charge is 0.278 e. The molecule has 0 aromatic heterocycles. The van der Waals surface area contributed by atoms with Crippen molar-refractivity contribution in [1.29, 1.82) is 0 Å².